The second-order valence-corrected chi connectivity index (χ2v) is 8.80. The van der Waals surface area contributed by atoms with Crippen LogP contribution in [-0.4, -0.2) is 21.3 Å². The van der Waals surface area contributed by atoms with Crippen LogP contribution in [0.5, 0.6) is 5.75 Å². The topological polar surface area (TPSA) is 69.4 Å². The van der Waals surface area contributed by atoms with Gasteiger partial charge >= 0.3 is 0 Å². The Labute approximate surface area is 150 Å². The summed E-state index contributed by atoms with van der Waals surface area (Å²) in [6.07, 6.45) is 2.16. The van der Waals surface area contributed by atoms with E-state index in [0.717, 1.165) is 11.3 Å². The lowest BCUT2D eigenvalue weighted by Crippen LogP contribution is -2.23. The van der Waals surface area contributed by atoms with Gasteiger partial charge in [0.15, 0.2) is 9.84 Å². The zero-order valence-electron chi connectivity index (χ0n) is 15.0. The molecule has 2 aromatic rings. The molecule has 0 unspecified atom stereocenters. The molecule has 2 rings (SSSR count). The largest absolute Gasteiger partial charge is 0.497 e. The Morgan fingerprint density at radius 3 is 2.36 bits per heavy atom. The maximum absolute atomic E-state index is 12.9. The van der Waals surface area contributed by atoms with Crippen LogP contribution in [0.4, 0.5) is 5.69 Å². The van der Waals surface area contributed by atoms with Crippen molar-refractivity contribution in [2.45, 2.75) is 25.2 Å². The van der Waals surface area contributed by atoms with E-state index < -0.39 is 15.3 Å². The number of methoxy groups -OCH3 is 1. The van der Waals surface area contributed by atoms with Gasteiger partial charge in [0, 0.05) is 5.69 Å². The minimum atomic E-state index is -3.46. The Bertz CT molecular complexity index is 853. The van der Waals surface area contributed by atoms with Crippen molar-refractivity contribution in [2.75, 3.05) is 18.6 Å². The van der Waals surface area contributed by atoms with E-state index in [2.05, 4.69) is 6.58 Å². The Balaban J connectivity index is 2.41. The molecule has 0 aromatic heterocycles. The third-order valence-electron chi connectivity index (χ3n) is 4.09. The maximum atomic E-state index is 12.9. The van der Waals surface area contributed by atoms with Crippen molar-refractivity contribution in [2.24, 2.45) is 5.41 Å². The molecule has 134 valence electrons. The molecule has 5 heteroatoms. The number of hydrogen-bond donors (Lipinski definition) is 1. The first kappa shape index (κ1) is 19.1. The lowest BCUT2D eigenvalue weighted by Gasteiger charge is -2.21. The summed E-state index contributed by atoms with van der Waals surface area (Å²) >= 11 is 0. The normalized spacial score (nSPS) is 12.0. The molecule has 0 heterocycles. The van der Waals surface area contributed by atoms with E-state index in [1.165, 1.54) is 0 Å². The molecule has 0 atom stereocenters. The molecule has 2 N–H and O–H groups in total. The molecule has 0 bridgehead atoms. The van der Waals surface area contributed by atoms with Crippen LogP contribution >= 0.6 is 0 Å². The highest BCUT2D eigenvalue weighted by Crippen LogP contribution is 2.28. The van der Waals surface area contributed by atoms with Gasteiger partial charge in [0.1, 0.15) is 5.75 Å². The third kappa shape index (κ3) is 4.86. The Hall–Kier alpha value is -2.27. The van der Waals surface area contributed by atoms with Crippen LogP contribution in [0.2, 0.25) is 0 Å². The van der Waals surface area contributed by atoms with Crippen molar-refractivity contribution < 1.29 is 13.2 Å². The van der Waals surface area contributed by atoms with Crippen molar-refractivity contribution in [3.8, 4) is 5.75 Å². The Morgan fingerprint density at radius 1 is 1.16 bits per heavy atom. The molecule has 4 nitrogen and oxygen atoms in total. The summed E-state index contributed by atoms with van der Waals surface area (Å²) in [5.41, 5.74) is 7.63. The first-order chi connectivity index (χ1) is 11.7. The average molecular weight is 359 g/mol. The number of anilines is 1. The summed E-state index contributed by atoms with van der Waals surface area (Å²) in [6.45, 7) is 7.45. The van der Waals surface area contributed by atoms with Crippen LogP contribution in [0.1, 0.15) is 25.0 Å². The van der Waals surface area contributed by atoms with Gasteiger partial charge in [0.2, 0.25) is 0 Å². The molecule has 0 saturated heterocycles. The van der Waals surface area contributed by atoms with Gasteiger partial charge in [0.25, 0.3) is 0 Å². The number of hydrogen-bond acceptors (Lipinski definition) is 4. The number of nitrogens with two attached hydrogens (primary N) is 1. The number of rotatable bonds is 7. The van der Waals surface area contributed by atoms with E-state index in [0.29, 0.717) is 22.6 Å². The zero-order valence-corrected chi connectivity index (χ0v) is 15.8. The lowest BCUT2D eigenvalue weighted by atomic mass is 9.97. The van der Waals surface area contributed by atoms with E-state index in [1.54, 1.807) is 31.4 Å². The first-order valence-corrected chi connectivity index (χ1v) is 9.70. The fourth-order valence-corrected chi connectivity index (χ4v) is 4.69. The summed E-state index contributed by atoms with van der Waals surface area (Å²) in [5.74, 6) is 0.764. The first-order valence-electron chi connectivity index (χ1n) is 8.04. The van der Waals surface area contributed by atoms with Gasteiger partial charge in [-0.05, 0) is 53.3 Å². The molecule has 0 aliphatic rings. The maximum Gasteiger partial charge on any atom is 0.179 e. The number of nitrogen functional groups attached to an aromatic ring is 1. The monoisotopic (exact) mass is 359 g/mol. The number of ether oxygens (including phenoxy) is 1. The van der Waals surface area contributed by atoms with Gasteiger partial charge in [-0.2, -0.15) is 0 Å². The zero-order chi connectivity index (χ0) is 18.7. The molecule has 0 aliphatic heterocycles. The van der Waals surface area contributed by atoms with E-state index in [-0.39, 0.29) is 5.75 Å². The molecule has 2 aromatic carbocycles. The second-order valence-electron chi connectivity index (χ2n) is 6.84. The molecule has 0 aliphatic carbocycles. The van der Waals surface area contributed by atoms with E-state index in [9.17, 15) is 8.42 Å². The summed E-state index contributed by atoms with van der Waals surface area (Å²) in [7, 11) is -1.85. The fourth-order valence-electron chi connectivity index (χ4n) is 2.63. The summed E-state index contributed by atoms with van der Waals surface area (Å²) < 4.78 is 31.0. The van der Waals surface area contributed by atoms with Gasteiger partial charge in [-0.25, -0.2) is 8.42 Å². The van der Waals surface area contributed by atoms with Gasteiger partial charge in [-0.15, -0.1) is 6.58 Å². The molecule has 25 heavy (non-hydrogen) atoms. The molecule has 0 amide bonds. The van der Waals surface area contributed by atoms with E-state index in [4.69, 9.17) is 10.5 Å². The van der Waals surface area contributed by atoms with Gasteiger partial charge in [-0.3, -0.25) is 0 Å². The molecule has 0 saturated carbocycles. The SMILES string of the molecule is C=CC(C)(C)CS(=O)(=O)c1ccc(N)cc1Cc1ccc(OC)cc1. The predicted molar refractivity (Wildman–Crippen MR) is 103 cm³/mol. The van der Waals surface area contributed by atoms with Crippen LogP contribution in [-0.2, 0) is 16.3 Å². The number of sulfone groups is 1. The molecular formula is C20H25NO3S. The van der Waals surface area contributed by atoms with Gasteiger partial charge in [-0.1, -0.05) is 32.1 Å². The summed E-state index contributed by atoms with van der Waals surface area (Å²) in [5, 5.41) is 0. The number of allylic oxidation sites excluding steroid dienone is 1. The van der Waals surface area contributed by atoms with Crippen molar-refractivity contribution >= 4 is 15.5 Å². The number of benzene rings is 2. The molecular weight excluding hydrogens is 334 g/mol. The minimum Gasteiger partial charge on any atom is -0.497 e. The highest BCUT2D eigenvalue weighted by Gasteiger charge is 2.27. The van der Waals surface area contributed by atoms with Crippen LogP contribution in [0.25, 0.3) is 0 Å². The Morgan fingerprint density at radius 2 is 1.80 bits per heavy atom. The fraction of sp³-hybridized carbons (Fsp3) is 0.300. The average Bonchev–Trinajstić information content (AvgIpc) is 2.54. The second kappa shape index (κ2) is 7.31. The van der Waals surface area contributed by atoms with Crippen molar-refractivity contribution in [3.05, 3.63) is 66.2 Å². The van der Waals surface area contributed by atoms with Crippen LogP contribution in [0, 0.1) is 5.41 Å². The highest BCUT2D eigenvalue weighted by molar-refractivity contribution is 7.91. The van der Waals surface area contributed by atoms with Gasteiger partial charge < -0.3 is 10.5 Å². The predicted octanol–water partition coefficient (Wildman–Crippen LogP) is 3.85. The van der Waals surface area contributed by atoms with Crippen LogP contribution in [0.15, 0.2) is 60.0 Å². The van der Waals surface area contributed by atoms with Crippen molar-refractivity contribution in [3.63, 3.8) is 0 Å². The molecule has 0 fully saturated rings. The smallest absolute Gasteiger partial charge is 0.179 e. The Kier molecular flexibility index (Phi) is 5.58. The molecule has 0 spiro atoms. The quantitative estimate of drug-likeness (QED) is 0.602. The van der Waals surface area contributed by atoms with E-state index in [1.807, 2.05) is 38.1 Å². The summed E-state index contributed by atoms with van der Waals surface area (Å²) in [4.78, 5) is 0.326. The van der Waals surface area contributed by atoms with Crippen LogP contribution in [0.3, 0.4) is 0 Å². The van der Waals surface area contributed by atoms with Crippen molar-refractivity contribution in [1.29, 1.82) is 0 Å². The van der Waals surface area contributed by atoms with Gasteiger partial charge in [0.05, 0.1) is 17.8 Å². The van der Waals surface area contributed by atoms with E-state index >= 15 is 0 Å². The van der Waals surface area contributed by atoms with Crippen LogP contribution < -0.4 is 10.5 Å². The van der Waals surface area contributed by atoms with Crippen molar-refractivity contribution in [1.82, 2.24) is 0 Å². The summed E-state index contributed by atoms with van der Waals surface area (Å²) in [6, 6.07) is 12.5. The third-order valence-corrected chi connectivity index (χ3v) is 6.28. The highest BCUT2D eigenvalue weighted by atomic mass is 32.2. The lowest BCUT2D eigenvalue weighted by molar-refractivity contribution is 0.414. The molecule has 0 radical (unpaired) electrons. The standard InChI is InChI=1S/C20H25NO3S/c1-5-20(2,3)14-25(22,23)19-11-8-17(21)13-16(19)12-15-6-9-18(24-4)10-7-15/h5-11,13H,1,12,14,21H2,2-4H3. The minimum absolute atomic E-state index is 0.00301.